The normalized spacial score (nSPS) is 26.4. The van der Waals surface area contributed by atoms with E-state index in [1.54, 1.807) is 0 Å². The number of rotatable bonds is 5. The minimum Gasteiger partial charge on any atom is -0.346 e. The molecular formula is C16H18F3N5O4. The Morgan fingerprint density at radius 3 is 2.64 bits per heavy atom. The zero-order chi connectivity index (χ0) is 20.4. The molecule has 4 N–H and O–H groups in total. The predicted molar refractivity (Wildman–Crippen MR) is 89.9 cm³/mol. The summed E-state index contributed by atoms with van der Waals surface area (Å²) in [6, 6.07) is -0.0498. The molecule has 2 aliphatic rings. The van der Waals surface area contributed by atoms with E-state index in [1.807, 2.05) is 5.32 Å². The molecule has 28 heavy (non-hydrogen) atoms. The van der Waals surface area contributed by atoms with Crippen LogP contribution in [0.3, 0.4) is 0 Å². The van der Waals surface area contributed by atoms with Crippen molar-refractivity contribution in [3.8, 4) is 0 Å². The van der Waals surface area contributed by atoms with Crippen LogP contribution in [-0.4, -0.2) is 41.4 Å². The van der Waals surface area contributed by atoms with Crippen LogP contribution in [-0.2, 0) is 9.59 Å². The first-order valence-electron chi connectivity index (χ1n) is 8.63. The van der Waals surface area contributed by atoms with Crippen LogP contribution in [0.25, 0.3) is 0 Å². The van der Waals surface area contributed by atoms with E-state index in [4.69, 9.17) is 0 Å². The number of hydrogen-bond donors (Lipinski definition) is 4. The standard InChI is InChI=1S/C16H18F3N5O4/c17-9-2-4-11(14(19)13(9)18)21-12(25)6-20-16(26)15-8-5-7(24(27)28)1-3-10(8)22-23-15/h2,4,7-8,10,15,22-23H,1,3,5-6H2,(H,20,26)(H,21,25). The van der Waals surface area contributed by atoms with Crippen LogP contribution in [0.4, 0.5) is 18.9 Å². The number of fused-ring (bicyclic) bond motifs is 1. The van der Waals surface area contributed by atoms with Crippen LogP contribution in [0.15, 0.2) is 12.1 Å². The molecule has 1 heterocycles. The van der Waals surface area contributed by atoms with Crippen molar-refractivity contribution in [2.24, 2.45) is 5.92 Å². The first-order valence-corrected chi connectivity index (χ1v) is 8.63. The lowest BCUT2D eigenvalue weighted by Crippen LogP contribution is -2.48. The molecule has 12 heteroatoms. The van der Waals surface area contributed by atoms with Crippen molar-refractivity contribution in [1.29, 1.82) is 0 Å². The average Bonchev–Trinajstić information content (AvgIpc) is 3.10. The molecule has 152 valence electrons. The number of nitro groups is 1. The Kier molecular flexibility index (Phi) is 5.79. The number of nitrogens with one attached hydrogen (secondary N) is 4. The fraction of sp³-hybridized carbons (Fsp3) is 0.500. The van der Waals surface area contributed by atoms with Gasteiger partial charge in [0.15, 0.2) is 17.5 Å². The summed E-state index contributed by atoms with van der Waals surface area (Å²) >= 11 is 0. The molecule has 2 amide bonds. The van der Waals surface area contributed by atoms with E-state index in [2.05, 4.69) is 16.2 Å². The quantitative estimate of drug-likeness (QED) is 0.323. The van der Waals surface area contributed by atoms with Crippen molar-refractivity contribution in [2.75, 3.05) is 11.9 Å². The highest BCUT2D eigenvalue weighted by Crippen LogP contribution is 2.31. The molecule has 1 aliphatic carbocycles. The van der Waals surface area contributed by atoms with Crippen molar-refractivity contribution < 1.29 is 27.7 Å². The molecule has 0 spiro atoms. The van der Waals surface area contributed by atoms with Crippen LogP contribution in [0.1, 0.15) is 19.3 Å². The van der Waals surface area contributed by atoms with Gasteiger partial charge in [-0.2, -0.15) is 0 Å². The lowest BCUT2D eigenvalue weighted by molar-refractivity contribution is -0.528. The van der Waals surface area contributed by atoms with Gasteiger partial charge in [-0.1, -0.05) is 0 Å². The number of hydrogen-bond acceptors (Lipinski definition) is 6. The molecular weight excluding hydrogens is 383 g/mol. The van der Waals surface area contributed by atoms with Gasteiger partial charge in [-0.3, -0.25) is 25.1 Å². The van der Waals surface area contributed by atoms with Gasteiger partial charge >= 0.3 is 0 Å². The molecule has 1 aromatic carbocycles. The molecule has 1 aliphatic heterocycles. The Labute approximate surface area is 157 Å². The highest BCUT2D eigenvalue weighted by Gasteiger charge is 2.46. The first-order chi connectivity index (χ1) is 13.3. The van der Waals surface area contributed by atoms with Crippen LogP contribution >= 0.6 is 0 Å². The molecule has 1 aromatic rings. The topological polar surface area (TPSA) is 125 Å². The Balaban J connectivity index is 1.54. The van der Waals surface area contributed by atoms with Gasteiger partial charge in [-0.15, -0.1) is 0 Å². The molecule has 2 fully saturated rings. The molecule has 4 atom stereocenters. The largest absolute Gasteiger partial charge is 0.346 e. The molecule has 1 saturated carbocycles. The van der Waals surface area contributed by atoms with Crippen molar-refractivity contribution in [3.63, 3.8) is 0 Å². The van der Waals surface area contributed by atoms with Crippen molar-refractivity contribution >= 4 is 17.5 Å². The zero-order valence-corrected chi connectivity index (χ0v) is 14.5. The monoisotopic (exact) mass is 401 g/mol. The van der Waals surface area contributed by atoms with E-state index in [0.717, 1.165) is 6.07 Å². The number of nitrogens with zero attached hydrogens (tertiary/aromatic N) is 1. The molecule has 9 nitrogen and oxygen atoms in total. The summed E-state index contributed by atoms with van der Waals surface area (Å²) in [6.45, 7) is -0.536. The van der Waals surface area contributed by atoms with Crippen molar-refractivity contribution in [2.45, 2.75) is 37.4 Å². The predicted octanol–water partition coefficient (Wildman–Crippen LogP) is 0.449. The van der Waals surface area contributed by atoms with Crippen LogP contribution in [0.5, 0.6) is 0 Å². The molecule has 0 bridgehead atoms. The minimum atomic E-state index is -1.72. The smallest absolute Gasteiger partial charge is 0.243 e. The highest BCUT2D eigenvalue weighted by molar-refractivity contribution is 5.95. The van der Waals surface area contributed by atoms with Gasteiger partial charge in [-0.25, -0.2) is 18.6 Å². The van der Waals surface area contributed by atoms with Gasteiger partial charge in [0.1, 0.15) is 6.04 Å². The third-order valence-electron chi connectivity index (χ3n) is 5.04. The molecule has 1 saturated heterocycles. The maximum atomic E-state index is 13.6. The second kappa shape index (κ2) is 8.10. The number of carbonyl (C=O) groups excluding carboxylic acids is 2. The van der Waals surface area contributed by atoms with Crippen LogP contribution in [0, 0.1) is 33.5 Å². The SMILES string of the molecule is O=C(CNC(=O)C1NNC2CCC([N+](=O)[O-])CC21)Nc1ccc(F)c(F)c1F. The molecule has 4 unspecified atom stereocenters. The Morgan fingerprint density at radius 1 is 1.18 bits per heavy atom. The number of amides is 2. The number of benzene rings is 1. The third-order valence-corrected chi connectivity index (χ3v) is 5.04. The summed E-state index contributed by atoms with van der Waals surface area (Å²) in [5.41, 5.74) is 5.17. The minimum absolute atomic E-state index is 0.0861. The third kappa shape index (κ3) is 4.07. The molecule has 0 aromatic heterocycles. The van der Waals surface area contributed by atoms with Crippen molar-refractivity contribution in [1.82, 2.24) is 16.2 Å². The van der Waals surface area contributed by atoms with E-state index >= 15 is 0 Å². The van der Waals surface area contributed by atoms with Gasteiger partial charge in [-0.05, 0) is 18.6 Å². The lowest BCUT2D eigenvalue weighted by atomic mass is 9.79. The van der Waals surface area contributed by atoms with Crippen LogP contribution in [0.2, 0.25) is 0 Å². The summed E-state index contributed by atoms with van der Waals surface area (Å²) in [5, 5.41) is 15.4. The van der Waals surface area contributed by atoms with Crippen LogP contribution < -0.4 is 21.5 Å². The first kappa shape index (κ1) is 20.0. The maximum Gasteiger partial charge on any atom is 0.243 e. The van der Waals surface area contributed by atoms with E-state index in [-0.39, 0.29) is 23.3 Å². The lowest BCUT2D eigenvalue weighted by Gasteiger charge is -2.28. The number of anilines is 1. The fourth-order valence-electron chi connectivity index (χ4n) is 3.58. The van der Waals surface area contributed by atoms with E-state index in [0.29, 0.717) is 18.9 Å². The Bertz CT molecular complexity index is 809. The fourth-order valence-corrected chi connectivity index (χ4v) is 3.58. The molecule has 3 rings (SSSR count). The summed E-state index contributed by atoms with van der Waals surface area (Å²) in [7, 11) is 0. The number of hydrazine groups is 1. The van der Waals surface area contributed by atoms with Gasteiger partial charge in [0.25, 0.3) is 0 Å². The highest BCUT2D eigenvalue weighted by atomic mass is 19.2. The summed E-state index contributed by atoms with van der Waals surface area (Å²) in [6.07, 6.45) is 1.18. The van der Waals surface area contributed by atoms with Gasteiger partial charge in [0, 0.05) is 29.7 Å². The average molecular weight is 401 g/mol. The number of halogens is 3. The number of carbonyl (C=O) groups is 2. The van der Waals surface area contributed by atoms with Gasteiger partial charge in [0.2, 0.25) is 17.9 Å². The van der Waals surface area contributed by atoms with E-state index < -0.39 is 53.6 Å². The zero-order valence-electron chi connectivity index (χ0n) is 14.5. The summed E-state index contributed by atoms with van der Waals surface area (Å²) in [4.78, 5) is 34.9. The summed E-state index contributed by atoms with van der Waals surface area (Å²) < 4.78 is 39.6. The Hall–Kier alpha value is -2.73. The molecule has 0 radical (unpaired) electrons. The van der Waals surface area contributed by atoms with E-state index in [1.165, 1.54) is 0 Å². The van der Waals surface area contributed by atoms with Crippen molar-refractivity contribution in [3.05, 3.63) is 39.7 Å². The second-order valence-corrected chi connectivity index (χ2v) is 6.78. The Morgan fingerprint density at radius 2 is 1.93 bits per heavy atom. The maximum absolute atomic E-state index is 13.6. The van der Waals surface area contributed by atoms with Gasteiger partial charge in [0.05, 0.1) is 12.2 Å². The summed E-state index contributed by atoms with van der Waals surface area (Å²) in [5.74, 6) is -6.35. The second-order valence-electron chi connectivity index (χ2n) is 6.78. The van der Waals surface area contributed by atoms with E-state index in [9.17, 15) is 32.9 Å². The van der Waals surface area contributed by atoms with Gasteiger partial charge < -0.3 is 10.6 Å².